The summed E-state index contributed by atoms with van der Waals surface area (Å²) >= 11 is 5.89. The number of hydrogen-bond donors (Lipinski definition) is 2. The summed E-state index contributed by atoms with van der Waals surface area (Å²) in [7, 11) is 0. The van der Waals surface area contributed by atoms with Gasteiger partial charge in [-0.05, 0) is 11.6 Å². The molecule has 3 rings (SSSR count). The molecular weight excluding hydrogens is 228 g/mol. The number of halogens is 1. The molecule has 7 heteroatoms. The van der Waals surface area contributed by atoms with Crippen molar-refractivity contribution in [3.05, 3.63) is 11.5 Å². The largest absolute Gasteiger partial charge is 0.353 e. The molecule has 3 heterocycles. The highest BCUT2D eigenvalue weighted by Gasteiger charge is 2.17. The first-order chi connectivity index (χ1) is 7.84. The van der Waals surface area contributed by atoms with Crippen molar-refractivity contribution < 1.29 is 0 Å². The maximum Gasteiger partial charge on any atom is 0.226 e. The molecule has 0 aromatic carbocycles. The van der Waals surface area contributed by atoms with Crippen LogP contribution in [0.25, 0.3) is 11.0 Å². The van der Waals surface area contributed by atoms with Crippen molar-refractivity contribution in [1.29, 1.82) is 0 Å². The van der Waals surface area contributed by atoms with Gasteiger partial charge in [0.05, 0.1) is 11.6 Å². The first kappa shape index (κ1) is 9.80. The molecule has 16 heavy (non-hydrogen) atoms. The molecular formula is C9H11ClN6. The Balaban J connectivity index is 2.09. The van der Waals surface area contributed by atoms with E-state index in [9.17, 15) is 0 Å². The summed E-state index contributed by atoms with van der Waals surface area (Å²) in [5.74, 6) is 0.866. The first-order valence-electron chi connectivity index (χ1n) is 5.17. The lowest BCUT2D eigenvalue weighted by Gasteiger charge is -2.28. The molecule has 0 bridgehead atoms. The van der Waals surface area contributed by atoms with E-state index in [1.807, 2.05) is 0 Å². The van der Waals surface area contributed by atoms with Gasteiger partial charge in [-0.25, -0.2) is 0 Å². The molecule has 2 aromatic rings. The summed E-state index contributed by atoms with van der Waals surface area (Å²) in [6.07, 6.45) is 1.74. The van der Waals surface area contributed by atoms with Gasteiger partial charge in [0, 0.05) is 26.2 Å². The molecule has 0 radical (unpaired) electrons. The normalized spacial score (nSPS) is 16.9. The molecule has 0 saturated carbocycles. The summed E-state index contributed by atoms with van der Waals surface area (Å²) in [5, 5.41) is 11.3. The van der Waals surface area contributed by atoms with E-state index in [0.717, 1.165) is 37.4 Å². The zero-order valence-electron chi connectivity index (χ0n) is 8.57. The fourth-order valence-corrected chi connectivity index (χ4v) is 2.08. The molecule has 1 aliphatic heterocycles. The molecule has 0 unspecified atom stereocenters. The number of aromatic nitrogens is 4. The van der Waals surface area contributed by atoms with Crippen LogP contribution in [0.2, 0.25) is 5.28 Å². The average Bonchev–Trinajstić information content (AvgIpc) is 2.77. The Labute approximate surface area is 97.0 Å². The lowest BCUT2D eigenvalue weighted by atomic mass is 10.3. The number of aromatic amines is 1. The third-order valence-corrected chi connectivity index (χ3v) is 2.85. The SMILES string of the molecule is Clc1nc(N2CCNCC2)c2cn[nH]c2n1. The molecule has 1 aliphatic rings. The van der Waals surface area contributed by atoms with Crippen molar-refractivity contribution >= 4 is 28.5 Å². The van der Waals surface area contributed by atoms with Gasteiger partial charge in [-0.15, -0.1) is 0 Å². The molecule has 0 aliphatic carbocycles. The Bertz CT molecular complexity index is 504. The van der Waals surface area contributed by atoms with E-state index >= 15 is 0 Å². The highest BCUT2D eigenvalue weighted by atomic mass is 35.5. The predicted molar refractivity (Wildman–Crippen MR) is 61.8 cm³/mol. The second-order valence-electron chi connectivity index (χ2n) is 3.69. The van der Waals surface area contributed by atoms with Crippen molar-refractivity contribution in [2.24, 2.45) is 0 Å². The van der Waals surface area contributed by atoms with Gasteiger partial charge in [-0.3, -0.25) is 5.10 Å². The summed E-state index contributed by atoms with van der Waals surface area (Å²) in [6.45, 7) is 3.77. The van der Waals surface area contributed by atoms with Crippen LogP contribution in [0.4, 0.5) is 5.82 Å². The average molecular weight is 239 g/mol. The minimum Gasteiger partial charge on any atom is -0.353 e. The zero-order valence-corrected chi connectivity index (χ0v) is 9.33. The minimum atomic E-state index is 0.255. The Morgan fingerprint density at radius 1 is 1.25 bits per heavy atom. The Kier molecular flexibility index (Phi) is 2.37. The third kappa shape index (κ3) is 1.60. The quantitative estimate of drug-likeness (QED) is 0.705. The molecule has 2 N–H and O–H groups in total. The van der Waals surface area contributed by atoms with Gasteiger partial charge in [-0.2, -0.15) is 15.1 Å². The molecule has 0 atom stereocenters. The van der Waals surface area contributed by atoms with Crippen molar-refractivity contribution in [1.82, 2.24) is 25.5 Å². The fraction of sp³-hybridized carbons (Fsp3) is 0.444. The molecule has 0 spiro atoms. The lowest BCUT2D eigenvalue weighted by molar-refractivity contribution is 0.586. The summed E-state index contributed by atoms with van der Waals surface area (Å²) in [5.41, 5.74) is 0.688. The summed E-state index contributed by atoms with van der Waals surface area (Å²) in [6, 6.07) is 0. The van der Waals surface area contributed by atoms with Crippen LogP contribution in [-0.2, 0) is 0 Å². The van der Waals surface area contributed by atoms with E-state index in [2.05, 4.69) is 30.4 Å². The maximum atomic E-state index is 5.89. The number of piperazine rings is 1. The van der Waals surface area contributed by atoms with E-state index in [-0.39, 0.29) is 5.28 Å². The fourth-order valence-electron chi connectivity index (χ4n) is 1.91. The Morgan fingerprint density at radius 2 is 2.06 bits per heavy atom. The van der Waals surface area contributed by atoms with Crippen LogP contribution < -0.4 is 10.2 Å². The second kappa shape index (κ2) is 3.88. The van der Waals surface area contributed by atoms with E-state index in [1.165, 1.54) is 0 Å². The number of nitrogens with one attached hydrogen (secondary N) is 2. The summed E-state index contributed by atoms with van der Waals surface area (Å²) < 4.78 is 0. The van der Waals surface area contributed by atoms with Crippen LogP contribution in [0.5, 0.6) is 0 Å². The van der Waals surface area contributed by atoms with Crippen molar-refractivity contribution in [3.63, 3.8) is 0 Å². The highest BCUT2D eigenvalue weighted by Crippen LogP contribution is 2.23. The smallest absolute Gasteiger partial charge is 0.226 e. The van der Waals surface area contributed by atoms with Crippen molar-refractivity contribution in [3.8, 4) is 0 Å². The number of H-pyrrole nitrogens is 1. The maximum absolute atomic E-state index is 5.89. The number of rotatable bonds is 1. The zero-order chi connectivity index (χ0) is 11.0. The first-order valence-corrected chi connectivity index (χ1v) is 5.55. The van der Waals surface area contributed by atoms with Gasteiger partial charge in [0.25, 0.3) is 0 Å². The third-order valence-electron chi connectivity index (χ3n) is 2.68. The van der Waals surface area contributed by atoms with Crippen LogP contribution in [0.1, 0.15) is 0 Å². The van der Waals surface area contributed by atoms with Gasteiger partial charge in [-0.1, -0.05) is 0 Å². The molecule has 2 aromatic heterocycles. The molecule has 1 saturated heterocycles. The van der Waals surface area contributed by atoms with Crippen molar-refractivity contribution in [2.75, 3.05) is 31.1 Å². The van der Waals surface area contributed by atoms with Crippen molar-refractivity contribution in [2.45, 2.75) is 0 Å². The number of nitrogens with zero attached hydrogens (tertiary/aromatic N) is 4. The minimum absolute atomic E-state index is 0.255. The lowest BCUT2D eigenvalue weighted by Crippen LogP contribution is -2.44. The predicted octanol–water partition coefficient (Wildman–Crippen LogP) is 0.416. The van der Waals surface area contributed by atoms with Crippen LogP contribution in [0, 0.1) is 0 Å². The standard InChI is InChI=1S/C9H11ClN6/c10-9-13-7-6(5-12-15-7)8(14-9)16-3-1-11-2-4-16/h5,11H,1-4H2,(H,12,13,14,15). The Morgan fingerprint density at radius 3 is 2.88 bits per heavy atom. The van der Waals surface area contributed by atoms with Gasteiger partial charge in [0.2, 0.25) is 5.28 Å². The number of fused-ring (bicyclic) bond motifs is 1. The monoisotopic (exact) mass is 238 g/mol. The van der Waals surface area contributed by atoms with E-state index < -0.39 is 0 Å². The van der Waals surface area contributed by atoms with E-state index in [1.54, 1.807) is 6.20 Å². The van der Waals surface area contributed by atoms with Crippen LogP contribution >= 0.6 is 11.6 Å². The topological polar surface area (TPSA) is 69.7 Å². The number of hydrogen-bond acceptors (Lipinski definition) is 5. The highest BCUT2D eigenvalue weighted by molar-refractivity contribution is 6.28. The van der Waals surface area contributed by atoms with Crippen LogP contribution in [0.15, 0.2) is 6.20 Å². The van der Waals surface area contributed by atoms with Gasteiger partial charge >= 0.3 is 0 Å². The molecule has 84 valence electrons. The van der Waals surface area contributed by atoms with Crippen LogP contribution in [-0.4, -0.2) is 46.3 Å². The number of anilines is 1. The van der Waals surface area contributed by atoms with E-state index in [4.69, 9.17) is 11.6 Å². The molecule has 1 fully saturated rings. The summed E-state index contributed by atoms with van der Waals surface area (Å²) in [4.78, 5) is 10.6. The Hall–Kier alpha value is -1.40. The van der Waals surface area contributed by atoms with Crippen LogP contribution in [0.3, 0.4) is 0 Å². The van der Waals surface area contributed by atoms with Gasteiger partial charge in [0.1, 0.15) is 5.82 Å². The van der Waals surface area contributed by atoms with E-state index in [0.29, 0.717) is 5.65 Å². The van der Waals surface area contributed by atoms with Gasteiger partial charge in [0.15, 0.2) is 5.65 Å². The molecule has 0 amide bonds. The molecule has 6 nitrogen and oxygen atoms in total. The van der Waals surface area contributed by atoms with Gasteiger partial charge < -0.3 is 10.2 Å². The second-order valence-corrected chi connectivity index (χ2v) is 4.02.